The number of nitrogens with one attached hydrogen (secondary N) is 1. The number of esters is 1. The Labute approximate surface area is 135 Å². The first-order valence-electron chi connectivity index (χ1n) is 6.27. The zero-order valence-corrected chi connectivity index (χ0v) is 13.1. The van der Waals surface area contributed by atoms with Gasteiger partial charge in [0, 0.05) is 24.8 Å². The molecule has 9 nitrogen and oxygen atoms in total. The predicted octanol–water partition coefficient (Wildman–Crippen LogP) is 1.50. The molecule has 1 unspecified atom stereocenters. The minimum atomic E-state index is -0.980. The molecule has 0 aliphatic heterocycles. The number of carbonyl (C=O) groups is 3. The van der Waals surface area contributed by atoms with E-state index in [4.69, 9.17) is 4.74 Å². The Morgan fingerprint density at radius 1 is 1.30 bits per heavy atom. The lowest BCUT2D eigenvalue weighted by Crippen LogP contribution is -2.42. The highest BCUT2D eigenvalue weighted by molar-refractivity contribution is 8.13. The number of thioether (sulfide) groups is 1. The van der Waals surface area contributed by atoms with Crippen LogP contribution in [0.15, 0.2) is 24.3 Å². The molecule has 0 aliphatic carbocycles. The molecule has 0 spiro atoms. The zero-order chi connectivity index (χ0) is 17.4. The van der Waals surface area contributed by atoms with Crippen molar-refractivity contribution in [2.75, 3.05) is 12.9 Å². The molecule has 23 heavy (non-hydrogen) atoms. The molecule has 1 amide bonds. The molecular formula is C13H14N2O7S. The van der Waals surface area contributed by atoms with Crippen LogP contribution in [0.4, 0.5) is 10.5 Å². The lowest BCUT2D eigenvalue weighted by Gasteiger charge is -2.14. The van der Waals surface area contributed by atoms with E-state index < -0.39 is 28.1 Å². The van der Waals surface area contributed by atoms with Crippen LogP contribution in [0.1, 0.15) is 6.92 Å². The first kappa shape index (κ1) is 18.4. The number of hydrogen-bond acceptors (Lipinski definition) is 8. The summed E-state index contributed by atoms with van der Waals surface area (Å²) in [6, 6.07) is 3.97. The van der Waals surface area contributed by atoms with Crippen LogP contribution in [0.5, 0.6) is 5.75 Å². The molecule has 0 fully saturated rings. The third-order valence-electron chi connectivity index (χ3n) is 2.48. The molecular weight excluding hydrogens is 328 g/mol. The largest absolute Gasteiger partial charge is 0.467 e. The number of ether oxygens (including phenoxy) is 2. The molecule has 0 aromatic heterocycles. The van der Waals surface area contributed by atoms with Gasteiger partial charge in [0.1, 0.15) is 11.8 Å². The fourth-order valence-corrected chi connectivity index (χ4v) is 2.15. The maximum absolute atomic E-state index is 11.7. The molecule has 0 saturated carbocycles. The number of carbonyl (C=O) groups excluding carboxylic acids is 3. The minimum absolute atomic E-state index is 0.0714. The Hall–Kier alpha value is -2.62. The van der Waals surface area contributed by atoms with Gasteiger partial charge in [-0.3, -0.25) is 14.9 Å². The SMILES string of the molecule is COC(=O)C(CSC(=O)Oc1ccc([N+](=O)[O-])cc1)NC(C)=O. The lowest BCUT2D eigenvalue weighted by molar-refractivity contribution is -0.384. The Morgan fingerprint density at radius 3 is 2.39 bits per heavy atom. The van der Waals surface area contributed by atoms with Crippen LogP contribution in [-0.4, -0.2) is 41.0 Å². The quantitative estimate of drug-likeness (QED) is 0.468. The summed E-state index contributed by atoms with van der Waals surface area (Å²) >= 11 is 0.665. The van der Waals surface area contributed by atoms with Crippen LogP contribution >= 0.6 is 11.8 Å². The van der Waals surface area contributed by atoms with E-state index in [1.165, 1.54) is 31.2 Å². The van der Waals surface area contributed by atoms with Crippen LogP contribution < -0.4 is 10.1 Å². The van der Waals surface area contributed by atoms with Crippen molar-refractivity contribution in [3.05, 3.63) is 34.4 Å². The molecule has 1 atom stereocenters. The van der Waals surface area contributed by atoms with Gasteiger partial charge in [-0.25, -0.2) is 9.59 Å². The normalized spacial score (nSPS) is 11.2. The number of rotatable bonds is 6. The second-order valence-electron chi connectivity index (χ2n) is 4.19. The van der Waals surface area contributed by atoms with Gasteiger partial charge < -0.3 is 14.8 Å². The van der Waals surface area contributed by atoms with Crippen molar-refractivity contribution < 1.29 is 28.8 Å². The summed E-state index contributed by atoms with van der Waals surface area (Å²) in [5.74, 6) is -1.07. The van der Waals surface area contributed by atoms with E-state index in [0.717, 1.165) is 7.11 Å². The Kier molecular flexibility index (Phi) is 7.00. The maximum atomic E-state index is 11.7. The monoisotopic (exact) mass is 342 g/mol. The summed E-state index contributed by atoms with van der Waals surface area (Å²) in [5, 5.41) is 12.1. The van der Waals surface area contributed by atoms with Gasteiger partial charge in [0.05, 0.1) is 12.0 Å². The van der Waals surface area contributed by atoms with Crippen molar-refractivity contribution in [1.82, 2.24) is 5.32 Å². The van der Waals surface area contributed by atoms with Crippen molar-refractivity contribution in [1.29, 1.82) is 0 Å². The summed E-state index contributed by atoms with van der Waals surface area (Å²) < 4.78 is 9.47. The van der Waals surface area contributed by atoms with Gasteiger partial charge in [0.25, 0.3) is 5.69 Å². The molecule has 0 radical (unpaired) electrons. The number of hydrogen-bond donors (Lipinski definition) is 1. The molecule has 0 bridgehead atoms. The molecule has 1 N–H and O–H groups in total. The van der Waals surface area contributed by atoms with Gasteiger partial charge in [-0.1, -0.05) is 0 Å². The average molecular weight is 342 g/mol. The first-order chi connectivity index (χ1) is 10.8. The molecule has 1 rings (SSSR count). The van der Waals surface area contributed by atoms with Gasteiger partial charge in [-0.2, -0.15) is 0 Å². The molecule has 10 heteroatoms. The van der Waals surface area contributed by atoms with Crippen LogP contribution in [-0.2, 0) is 14.3 Å². The highest BCUT2D eigenvalue weighted by atomic mass is 32.2. The summed E-state index contributed by atoms with van der Waals surface area (Å²) in [6.45, 7) is 1.23. The molecule has 1 aromatic carbocycles. The van der Waals surface area contributed by atoms with Gasteiger partial charge in [-0.15, -0.1) is 0 Å². The number of non-ortho nitro benzene ring substituents is 1. The van der Waals surface area contributed by atoms with Crippen molar-refractivity contribution >= 4 is 34.6 Å². The standard InChI is InChI=1S/C13H14N2O7S/c1-8(16)14-11(12(17)21-2)7-23-13(18)22-10-5-3-9(4-6-10)15(19)20/h3-6,11H,7H2,1-2H3,(H,14,16). The van der Waals surface area contributed by atoms with Crippen molar-refractivity contribution in [3.8, 4) is 5.75 Å². The topological polar surface area (TPSA) is 125 Å². The fraction of sp³-hybridized carbons (Fsp3) is 0.308. The molecule has 0 saturated heterocycles. The highest BCUT2D eigenvalue weighted by Crippen LogP contribution is 2.19. The fourth-order valence-electron chi connectivity index (χ4n) is 1.47. The third-order valence-corrected chi connectivity index (χ3v) is 3.30. The van der Waals surface area contributed by atoms with E-state index in [1.807, 2.05) is 0 Å². The molecule has 1 aromatic rings. The average Bonchev–Trinajstić information content (AvgIpc) is 2.50. The number of nitro groups is 1. The van der Waals surface area contributed by atoms with Crippen molar-refractivity contribution in [2.24, 2.45) is 0 Å². The summed E-state index contributed by atoms with van der Waals surface area (Å²) in [4.78, 5) is 44.1. The van der Waals surface area contributed by atoms with E-state index in [0.29, 0.717) is 11.8 Å². The second-order valence-corrected chi connectivity index (χ2v) is 5.15. The minimum Gasteiger partial charge on any atom is -0.467 e. The van der Waals surface area contributed by atoms with E-state index >= 15 is 0 Å². The smallest absolute Gasteiger partial charge is 0.372 e. The van der Waals surface area contributed by atoms with Crippen LogP contribution in [0.25, 0.3) is 0 Å². The number of nitrogens with zero attached hydrogens (tertiary/aromatic N) is 1. The number of amides is 1. The van der Waals surface area contributed by atoms with Crippen LogP contribution in [0.2, 0.25) is 0 Å². The van der Waals surface area contributed by atoms with Gasteiger partial charge in [0.15, 0.2) is 0 Å². The Morgan fingerprint density at radius 2 is 1.91 bits per heavy atom. The number of methoxy groups -OCH3 is 1. The number of benzene rings is 1. The lowest BCUT2D eigenvalue weighted by atomic mass is 10.3. The van der Waals surface area contributed by atoms with Crippen LogP contribution in [0, 0.1) is 10.1 Å². The summed E-state index contributed by atoms with van der Waals surface area (Å²) in [7, 11) is 1.16. The van der Waals surface area contributed by atoms with Crippen LogP contribution in [0.3, 0.4) is 0 Å². The van der Waals surface area contributed by atoms with Gasteiger partial charge >= 0.3 is 11.3 Å². The Balaban J connectivity index is 2.56. The van der Waals surface area contributed by atoms with Crippen molar-refractivity contribution in [2.45, 2.75) is 13.0 Å². The van der Waals surface area contributed by atoms with Gasteiger partial charge in [-0.05, 0) is 23.9 Å². The molecule has 0 aliphatic rings. The highest BCUT2D eigenvalue weighted by Gasteiger charge is 2.22. The number of nitro benzene ring substituents is 1. The second kappa shape index (κ2) is 8.73. The van der Waals surface area contributed by atoms with E-state index in [-0.39, 0.29) is 17.2 Å². The summed E-state index contributed by atoms with van der Waals surface area (Å²) in [5.41, 5.74) is -0.131. The van der Waals surface area contributed by atoms with E-state index in [1.54, 1.807) is 0 Å². The molecule has 0 heterocycles. The maximum Gasteiger partial charge on any atom is 0.372 e. The Bertz CT molecular complexity index is 603. The van der Waals surface area contributed by atoms with Crippen molar-refractivity contribution in [3.63, 3.8) is 0 Å². The van der Waals surface area contributed by atoms with E-state index in [2.05, 4.69) is 10.1 Å². The summed E-state index contributed by atoms with van der Waals surface area (Å²) in [6.07, 6.45) is 0. The third kappa shape index (κ3) is 6.34. The first-order valence-corrected chi connectivity index (χ1v) is 7.26. The molecule has 124 valence electrons. The van der Waals surface area contributed by atoms with E-state index in [9.17, 15) is 24.5 Å². The predicted molar refractivity (Wildman–Crippen MR) is 81.2 cm³/mol. The van der Waals surface area contributed by atoms with Gasteiger partial charge in [0.2, 0.25) is 5.91 Å². The zero-order valence-electron chi connectivity index (χ0n) is 12.3.